The molecule has 2 aromatic carbocycles. The van der Waals surface area contributed by atoms with Gasteiger partial charge in [-0.15, -0.1) is 0 Å². The molecule has 0 saturated heterocycles. The van der Waals surface area contributed by atoms with Crippen LogP contribution in [0.5, 0.6) is 0 Å². The predicted molar refractivity (Wildman–Crippen MR) is 86.8 cm³/mol. The Morgan fingerprint density at radius 1 is 1.00 bits per heavy atom. The summed E-state index contributed by atoms with van der Waals surface area (Å²) in [4.78, 5) is 13.0. The molecule has 3 heteroatoms. The van der Waals surface area contributed by atoms with E-state index < -0.39 is 10.8 Å². The lowest BCUT2D eigenvalue weighted by atomic mass is 9.87. The minimum atomic E-state index is -1.22. The summed E-state index contributed by atoms with van der Waals surface area (Å²) in [6.45, 7) is 0. The van der Waals surface area contributed by atoms with Crippen LogP contribution in [-0.4, -0.2) is 15.7 Å². The maximum absolute atomic E-state index is 12.4. The van der Waals surface area contributed by atoms with E-state index in [1.165, 1.54) is 6.42 Å². The Bertz CT molecular complexity index is 672. The second-order valence-electron chi connectivity index (χ2n) is 5.80. The normalized spacial score (nSPS) is 17.7. The minimum Gasteiger partial charge on any atom is -0.298 e. The van der Waals surface area contributed by atoms with Crippen molar-refractivity contribution in [2.75, 3.05) is 5.75 Å². The van der Waals surface area contributed by atoms with Crippen LogP contribution in [0.15, 0.2) is 47.4 Å². The third-order valence-electron chi connectivity index (χ3n) is 4.32. The molecule has 0 heterocycles. The van der Waals surface area contributed by atoms with E-state index in [-0.39, 0.29) is 17.5 Å². The maximum Gasteiger partial charge on any atom is 0.148 e. The summed E-state index contributed by atoms with van der Waals surface area (Å²) in [5.41, 5.74) is 0. The van der Waals surface area contributed by atoms with Gasteiger partial charge in [-0.1, -0.05) is 49.6 Å². The molecule has 2 nitrogen and oxygen atoms in total. The molecule has 0 radical (unpaired) electrons. The Morgan fingerprint density at radius 2 is 1.71 bits per heavy atom. The molecule has 0 aromatic heterocycles. The molecule has 0 spiro atoms. The van der Waals surface area contributed by atoms with Crippen LogP contribution in [0.1, 0.15) is 32.1 Å². The van der Waals surface area contributed by atoms with E-state index in [4.69, 9.17) is 0 Å². The van der Waals surface area contributed by atoms with Gasteiger partial charge >= 0.3 is 0 Å². The van der Waals surface area contributed by atoms with Crippen molar-refractivity contribution >= 4 is 27.4 Å². The fourth-order valence-electron chi connectivity index (χ4n) is 3.06. The zero-order valence-electron chi connectivity index (χ0n) is 12.1. The predicted octanol–water partition coefficient (Wildman–Crippen LogP) is 4.10. The SMILES string of the molecule is O=C(CS(=O)c1ccc2ccccc2c1)C1CCCCC1. The maximum atomic E-state index is 12.4. The minimum absolute atomic E-state index is 0.142. The highest BCUT2D eigenvalue weighted by Gasteiger charge is 2.23. The Hall–Kier alpha value is -1.48. The van der Waals surface area contributed by atoms with Gasteiger partial charge in [-0.2, -0.15) is 0 Å². The van der Waals surface area contributed by atoms with Gasteiger partial charge in [0.15, 0.2) is 0 Å². The lowest BCUT2D eigenvalue weighted by Crippen LogP contribution is -2.23. The molecule has 3 rings (SSSR count). The first-order valence-corrected chi connectivity index (χ1v) is 8.96. The van der Waals surface area contributed by atoms with Crippen molar-refractivity contribution < 1.29 is 9.00 Å². The van der Waals surface area contributed by atoms with Crippen molar-refractivity contribution in [3.8, 4) is 0 Å². The summed E-state index contributed by atoms with van der Waals surface area (Å²) in [5, 5.41) is 2.21. The summed E-state index contributed by atoms with van der Waals surface area (Å²) in [7, 11) is -1.22. The molecule has 1 aliphatic carbocycles. The summed E-state index contributed by atoms with van der Waals surface area (Å²) in [5.74, 6) is 0.493. The Balaban J connectivity index is 1.72. The molecule has 0 amide bonds. The smallest absolute Gasteiger partial charge is 0.148 e. The van der Waals surface area contributed by atoms with Gasteiger partial charge in [-0.05, 0) is 35.7 Å². The first kappa shape index (κ1) is 14.5. The molecule has 1 unspecified atom stereocenters. The number of Topliss-reactive ketones (excluding diaryl/α,β-unsaturated/α-hetero) is 1. The molecule has 0 bridgehead atoms. The van der Waals surface area contributed by atoms with E-state index in [0.717, 1.165) is 41.4 Å². The van der Waals surface area contributed by atoms with Crippen molar-refractivity contribution in [3.63, 3.8) is 0 Å². The van der Waals surface area contributed by atoms with Crippen LogP contribution < -0.4 is 0 Å². The topological polar surface area (TPSA) is 34.1 Å². The molecule has 1 saturated carbocycles. The molecule has 0 N–H and O–H groups in total. The molecule has 110 valence electrons. The Kier molecular flexibility index (Phi) is 4.49. The zero-order chi connectivity index (χ0) is 14.7. The highest BCUT2D eigenvalue weighted by atomic mass is 32.2. The van der Waals surface area contributed by atoms with E-state index in [1.54, 1.807) is 0 Å². The fraction of sp³-hybridized carbons (Fsp3) is 0.389. The highest BCUT2D eigenvalue weighted by Crippen LogP contribution is 2.25. The van der Waals surface area contributed by atoms with Crippen molar-refractivity contribution in [1.82, 2.24) is 0 Å². The third-order valence-corrected chi connectivity index (χ3v) is 5.64. The monoisotopic (exact) mass is 300 g/mol. The largest absolute Gasteiger partial charge is 0.298 e. The van der Waals surface area contributed by atoms with Gasteiger partial charge in [-0.3, -0.25) is 9.00 Å². The van der Waals surface area contributed by atoms with E-state index in [9.17, 15) is 9.00 Å². The number of ketones is 1. The average Bonchev–Trinajstić information content (AvgIpc) is 2.55. The first-order chi connectivity index (χ1) is 10.2. The van der Waals surface area contributed by atoms with Gasteiger partial charge < -0.3 is 0 Å². The molecular formula is C18H20O2S. The van der Waals surface area contributed by atoms with Crippen LogP contribution in [0.25, 0.3) is 10.8 Å². The van der Waals surface area contributed by atoms with Crippen LogP contribution >= 0.6 is 0 Å². The number of carbonyl (C=O) groups excluding carboxylic acids is 1. The van der Waals surface area contributed by atoms with Crippen LogP contribution in [0.3, 0.4) is 0 Å². The van der Waals surface area contributed by atoms with Crippen LogP contribution in [0, 0.1) is 5.92 Å². The summed E-state index contributed by atoms with van der Waals surface area (Å²) in [6, 6.07) is 13.8. The van der Waals surface area contributed by atoms with Gasteiger partial charge in [0.05, 0.1) is 16.6 Å². The lowest BCUT2D eigenvalue weighted by Gasteiger charge is -2.19. The number of benzene rings is 2. The molecule has 1 atom stereocenters. The number of hydrogen-bond donors (Lipinski definition) is 0. The molecule has 0 aliphatic heterocycles. The van der Waals surface area contributed by atoms with Gasteiger partial charge in [-0.25, -0.2) is 0 Å². The number of hydrogen-bond acceptors (Lipinski definition) is 2. The third kappa shape index (κ3) is 3.41. The van der Waals surface area contributed by atoms with E-state index in [0.29, 0.717) is 0 Å². The van der Waals surface area contributed by atoms with Gasteiger partial charge in [0.2, 0.25) is 0 Å². The first-order valence-electron chi connectivity index (χ1n) is 7.64. The average molecular weight is 300 g/mol. The Labute approximate surface area is 128 Å². The van der Waals surface area contributed by atoms with E-state index in [1.807, 2.05) is 42.5 Å². The summed E-state index contributed by atoms with van der Waals surface area (Å²) in [6.07, 6.45) is 5.47. The van der Waals surface area contributed by atoms with Crippen molar-refractivity contribution in [3.05, 3.63) is 42.5 Å². The second kappa shape index (κ2) is 6.52. The number of fused-ring (bicyclic) bond motifs is 1. The molecular weight excluding hydrogens is 280 g/mol. The standard InChI is InChI=1S/C18H20O2S/c19-18(15-7-2-1-3-8-15)13-21(20)17-11-10-14-6-4-5-9-16(14)12-17/h4-6,9-12,15H,1-3,7-8,13H2. The van der Waals surface area contributed by atoms with E-state index in [2.05, 4.69) is 0 Å². The van der Waals surface area contributed by atoms with Gasteiger partial charge in [0, 0.05) is 10.8 Å². The van der Waals surface area contributed by atoms with Crippen LogP contribution in [0.2, 0.25) is 0 Å². The summed E-state index contributed by atoms with van der Waals surface area (Å²) >= 11 is 0. The Morgan fingerprint density at radius 3 is 2.48 bits per heavy atom. The van der Waals surface area contributed by atoms with Gasteiger partial charge in [0.25, 0.3) is 0 Å². The van der Waals surface area contributed by atoms with Crippen molar-refractivity contribution in [2.24, 2.45) is 5.92 Å². The zero-order valence-corrected chi connectivity index (χ0v) is 12.9. The molecule has 2 aromatic rings. The lowest BCUT2D eigenvalue weighted by molar-refractivity contribution is -0.121. The molecule has 1 aliphatic rings. The van der Waals surface area contributed by atoms with Crippen LogP contribution in [-0.2, 0) is 15.6 Å². The van der Waals surface area contributed by atoms with Crippen molar-refractivity contribution in [1.29, 1.82) is 0 Å². The second-order valence-corrected chi connectivity index (χ2v) is 7.25. The number of carbonyl (C=O) groups is 1. The molecule has 1 fully saturated rings. The molecule has 21 heavy (non-hydrogen) atoms. The summed E-state index contributed by atoms with van der Waals surface area (Å²) < 4.78 is 12.4. The van der Waals surface area contributed by atoms with E-state index >= 15 is 0 Å². The highest BCUT2D eigenvalue weighted by molar-refractivity contribution is 7.85. The van der Waals surface area contributed by atoms with Gasteiger partial charge in [0.1, 0.15) is 5.78 Å². The fourth-order valence-corrected chi connectivity index (χ4v) is 4.20. The van der Waals surface area contributed by atoms with Crippen LogP contribution in [0.4, 0.5) is 0 Å². The quantitative estimate of drug-likeness (QED) is 0.852. The van der Waals surface area contributed by atoms with Crippen molar-refractivity contribution in [2.45, 2.75) is 37.0 Å². The number of rotatable bonds is 4.